The fourth-order valence-corrected chi connectivity index (χ4v) is 8.65. The summed E-state index contributed by atoms with van der Waals surface area (Å²) in [6.45, 7) is 3.95. The molecule has 3 aromatic rings. The lowest BCUT2D eigenvalue weighted by Crippen LogP contribution is -2.38. The van der Waals surface area contributed by atoms with E-state index in [-0.39, 0.29) is 35.1 Å². The minimum Gasteiger partial charge on any atom is -0.455 e. The predicted molar refractivity (Wildman–Crippen MR) is 146 cm³/mol. The average Bonchev–Trinajstić information content (AvgIpc) is 3.25. The van der Waals surface area contributed by atoms with Crippen LogP contribution >= 0.6 is 23.4 Å². The number of anilines is 1. The lowest BCUT2D eigenvalue weighted by molar-refractivity contribution is -0.117. The van der Waals surface area contributed by atoms with Crippen molar-refractivity contribution in [2.75, 3.05) is 16.4 Å². The number of ether oxygens (including phenoxy) is 1. The topological polar surface area (TPSA) is 76.0 Å². The molecule has 2 heterocycles. The molecule has 6 nitrogen and oxygen atoms in total. The quantitative estimate of drug-likeness (QED) is 0.420. The fourth-order valence-electron chi connectivity index (χ4n) is 4.56. The Labute approximate surface area is 220 Å². The smallest absolute Gasteiger partial charge is 0.252 e. The van der Waals surface area contributed by atoms with Crippen LogP contribution in [0.15, 0.2) is 71.7 Å². The highest BCUT2D eigenvalue weighted by Gasteiger charge is 2.50. The van der Waals surface area contributed by atoms with E-state index in [9.17, 15) is 13.2 Å². The number of aryl methyl sites for hydroxylation is 2. The standard InChI is InChI=1S/C27H25ClN2O4S2/c1-17-5-3-7-19(11-17)13-26(31)29-27-30(23-15-36(32,33)16-25(23)35-27)22-14-20(28)9-10-24(22)34-21-8-4-6-18(2)12-21/h3-12,14,23,25H,13,15-16H2,1-2H3/t23-,25-/m0/s1. The molecule has 0 unspecified atom stereocenters. The second-order valence-electron chi connectivity index (χ2n) is 9.16. The number of fused-ring (bicyclic) bond motifs is 1. The number of hydrogen-bond acceptors (Lipinski definition) is 5. The van der Waals surface area contributed by atoms with E-state index in [4.69, 9.17) is 16.3 Å². The highest BCUT2D eigenvalue weighted by atomic mass is 35.5. The first-order valence-corrected chi connectivity index (χ1v) is 14.6. The maximum Gasteiger partial charge on any atom is 0.252 e. The molecular weight excluding hydrogens is 516 g/mol. The van der Waals surface area contributed by atoms with Gasteiger partial charge in [-0.1, -0.05) is 65.3 Å². The Bertz CT molecular complexity index is 1470. The van der Waals surface area contributed by atoms with E-state index in [2.05, 4.69) is 4.99 Å². The number of sulfone groups is 1. The number of hydrogen-bond donors (Lipinski definition) is 0. The Morgan fingerprint density at radius 3 is 2.56 bits per heavy atom. The molecule has 1 amide bonds. The Kier molecular flexibility index (Phi) is 6.85. The van der Waals surface area contributed by atoms with Gasteiger partial charge in [-0.05, 0) is 55.3 Å². The van der Waals surface area contributed by atoms with Crippen LogP contribution in [-0.2, 0) is 21.1 Å². The molecule has 3 aromatic carbocycles. The van der Waals surface area contributed by atoms with E-state index in [0.717, 1.165) is 16.7 Å². The number of rotatable bonds is 5. The van der Waals surface area contributed by atoms with Crippen molar-refractivity contribution >= 4 is 50.0 Å². The first kappa shape index (κ1) is 24.9. The van der Waals surface area contributed by atoms with Crippen molar-refractivity contribution in [3.8, 4) is 11.5 Å². The first-order valence-electron chi connectivity index (χ1n) is 11.5. The van der Waals surface area contributed by atoms with Crippen LogP contribution in [-0.4, -0.2) is 42.3 Å². The number of nitrogens with zero attached hydrogens (tertiary/aromatic N) is 2. The molecule has 9 heteroatoms. The predicted octanol–water partition coefficient (Wildman–Crippen LogP) is 5.59. The largest absolute Gasteiger partial charge is 0.455 e. The summed E-state index contributed by atoms with van der Waals surface area (Å²) >= 11 is 7.71. The zero-order valence-corrected chi connectivity index (χ0v) is 22.2. The van der Waals surface area contributed by atoms with Crippen molar-refractivity contribution in [3.05, 3.63) is 88.4 Å². The maximum absolute atomic E-state index is 13.0. The second-order valence-corrected chi connectivity index (χ2v) is 13.0. The van der Waals surface area contributed by atoms with E-state index in [1.807, 2.05) is 67.3 Å². The molecule has 0 aliphatic carbocycles. The number of carbonyl (C=O) groups excluding carboxylic acids is 1. The molecule has 2 aliphatic heterocycles. The minimum absolute atomic E-state index is 0.0217. The highest BCUT2D eigenvalue weighted by Crippen LogP contribution is 2.45. The summed E-state index contributed by atoms with van der Waals surface area (Å²) in [6.07, 6.45) is 0.162. The van der Waals surface area contributed by atoms with E-state index in [0.29, 0.717) is 27.4 Å². The van der Waals surface area contributed by atoms with Crippen LogP contribution in [0.25, 0.3) is 0 Å². The summed E-state index contributed by atoms with van der Waals surface area (Å²) in [5.74, 6) is 0.883. The molecule has 0 bridgehead atoms. The number of aliphatic imine (C=N–C) groups is 1. The summed E-state index contributed by atoms with van der Waals surface area (Å²) in [7, 11) is -3.22. The van der Waals surface area contributed by atoms with E-state index < -0.39 is 9.84 Å². The van der Waals surface area contributed by atoms with Crippen molar-refractivity contribution in [2.24, 2.45) is 4.99 Å². The molecule has 0 saturated carbocycles. The lowest BCUT2D eigenvalue weighted by atomic mass is 10.1. The maximum atomic E-state index is 13.0. The number of carbonyl (C=O) groups is 1. The van der Waals surface area contributed by atoms with Crippen molar-refractivity contribution in [1.82, 2.24) is 0 Å². The van der Waals surface area contributed by atoms with Gasteiger partial charge < -0.3 is 9.64 Å². The summed E-state index contributed by atoms with van der Waals surface area (Å²) in [5.41, 5.74) is 3.59. The zero-order chi connectivity index (χ0) is 25.4. The van der Waals surface area contributed by atoms with E-state index in [1.54, 1.807) is 18.2 Å². The van der Waals surface area contributed by atoms with Gasteiger partial charge in [-0.2, -0.15) is 4.99 Å². The summed E-state index contributed by atoms with van der Waals surface area (Å²) in [4.78, 5) is 19.3. The van der Waals surface area contributed by atoms with Gasteiger partial charge in [-0.25, -0.2) is 8.42 Å². The number of benzene rings is 3. The van der Waals surface area contributed by atoms with Crippen LogP contribution in [0.3, 0.4) is 0 Å². The third kappa shape index (κ3) is 5.45. The third-order valence-corrected chi connectivity index (χ3v) is 9.57. The fraction of sp³-hybridized carbons (Fsp3) is 0.259. The lowest BCUT2D eigenvalue weighted by Gasteiger charge is -2.27. The minimum atomic E-state index is -3.22. The summed E-state index contributed by atoms with van der Waals surface area (Å²) in [6, 6.07) is 20.3. The van der Waals surface area contributed by atoms with Gasteiger partial charge in [0.25, 0.3) is 5.91 Å². The number of halogens is 1. The summed E-state index contributed by atoms with van der Waals surface area (Å²) < 4.78 is 31.2. The second kappa shape index (κ2) is 9.92. The molecule has 2 atom stereocenters. The molecule has 2 fully saturated rings. The average molecular weight is 541 g/mol. The normalized spacial score (nSPS) is 21.5. The van der Waals surface area contributed by atoms with Crippen LogP contribution < -0.4 is 9.64 Å². The molecular formula is C27H25ClN2O4S2. The number of thioether (sulfide) groups is 1. The molecule has 0 N–H and O–H groups in total. The van der Waals surface area contributed by atoms with Crippen molar-refractivity contribution in [1.29, 1.82) is 0 Å². The third-order valence-electron chi connectivity index (χ3n) is 6.12. The van der Waals surface area contributed by atoms with Crippen LogP contribution in [0.1, 0.15) is 16.7 Å². The number of amides is 1. The Balaban J connectivity index is 1.53. The van der Waals surface area contributed by atoms with Gasteiger partial charge in [0.1, 0.15) is 5.75 Å². The molecule has 0 spiro atoms. The van der Waals surface area contributed by atoms with Gasteiger partial charge in [0.05, 0.1) is 29.7 Å². The van der Waals surface area contributed by atoms with Crippen molar-refractivity contribution < 1.29 is 17.9 Å². The molecule has 36 heavy (non-hydrogen) atoms. The van der Waals surface area contributed by atoms with Gasteiger partial charge >= 0.3 is 0 Å². The van der Waals surface area contributed by atoms with Crippen LogP contribution in [0.4, 0.5) is 5.69 Å². The van der Waals surface area contributed by atoms with E-state index >= 15 is 0 Å². The zero-order valence-electron chi connectivity index (χ0n) is 19.8. The molecule has 186 valence electrons. The molecule has 0 radical (unpaired) electrons. The first-order chi connectivity index (χ1) is 17.2. The molecule has 5 rings (SSSR count). The van der Waals surface area contributed by atoms with Gasteiger partial charge in [0.15, 0.2) is 20.8 Å². The Morgan fingerprint density at radius 2 is 1.81 bits per heavy atom. The van der Waals surface area contributed by atoms with Crippen LogP contribution in [0.2, 0.25) is 5.02 Å². The van der Waals surface area contributed by atoms with Gasteiger partial charge in [-0.3, -0.25) is 4.79 Å². The van der Waals surface area contributed by atoms with Crippen LogP contribution in [0, 0.1) is 13.8 Å². The monoisotopic (exact) mass is 540 g/mol. The molecule has 2 aliphatic rings. The Morgan fingerprint density at radius 1 is 1.06 bits per heavy atom. The van der Waals surface area contributed by atoms with E-state index in [1.165, 1.54) is 11.8 Å². The SMILES string of the molecule is Cc1cccc(CC(=O)N=C2S[C@H]3CS(=O)(=O)C[C@@H]3N2c2cc(Cl)ccc2Oc2cccc(C)c2)c1. The molecule has 0 aromatic heterocycles. The Hall–Kier alpha value is -2.81. The summed E-state index contributed by atoms with van der Waals surface area (Å²) in [5, 5.41) is 0.710. The van der Waals surface area contributed by atoms with Crippen LogP contribution in [0.5, 0.6) is 11.5 Å². The molecule has 2 saturated heterocycles. The highest BCUT2D eigenvalue weighted by molar-refractivity contribution is 8.16. The van der Waals surface area contributed by atoms with Crippen molar-refractivity contribution in [2.45, 2.75) is 31.6 Å². The van der Waals surface area contributed by atoms with Gasteiger partial charge in [0, 0.05) is 10.3 Å². The number of amidine groups is 1. The van der Waals surface area contributed by atoms with Gasteiger partial charge in [0.2, 0.25) is 0 Å². The van der Waals surface area contributed by atoms with Gasteiger partial charge in [-0.15, -0.1) is 0 Å². The van der Waals surface area contributed by atoms with Crippen molar-refractivity contribution in [3.63, 3.8) is 0 Å².